The second kappa shape index (κ2) is 6.64. The number of nitrogens with one attached hydrogen (secondary N) is 1. The predicted molar refractivity (Wildman–Crippen MR) is 93.4 cm³/mol. The number of furan rings is 1. The maximum absolute atomic E-state index is 13.0. The molecule has 0 radical (unpaired) electrons. The van der Waals surface area contributed by atoms with Gasteiger partial charge in [-0.15, -0.1) is 0 Å². The Morgan fingerprint density at radius 3 is 2.62 bits per heavy atom. The SMILES string of the molecule is O=C(Nc1ccc(-n2cccn2)nc1)c1ccc(-c2ccc(F)cc2)o1. The fraction of sp³-hybridized carbons (Fsp3) is 0. The molecule has 0 unspecified atom stereocenters. The summed E-state index contributed by atoms with van der Waals surface area (Å²) in [6.45, 7) is 0. The lowest BCUT2D eigenvalue weighted by Gasteiger charge is -2.04. The highest BCUT2D eigenvalue weighted by Gasteiger charge is 2.13. The highest BCUT2D eigenvalue weighted by atomic mass is 19.1. The van der Waals surface area contributed by atoms with Crippen molar-refractivity contribution in [2.75, 3.05) is 5.32 Å². The highest BCUT2D eigenvalue weighted by Crippen LogP contribution is 2.23. The number of benzene rings is 1. The van der Waals surface area contributed by atoms with Crippen molar-refractivity contribution < 1.29 is 13.6 Å². The van der Waals surface area contributed by atoms with Gasteiger partial charge in [0.15, 0.2) is 11.6 Å². The molecule has 26 heavy (non-hydrogen) atoms. The molecule has 3 aromatic heterocycles. The van der Waals surface area contributed by atoms with E-state index in [1.165, 1.54) is 12.1 Å². The first-order chi connectivity index (χ1) is 12.7. The molecule has 1 aromatic carbocycles. The molecule has 0 aliphatic heterocycles. The predicted octanol–water partition coefficient (Wildman–Crippen LogP) is 3.92. The van der Waals surface area contributed by atoms with Crippen molar-refractivity contribution in [2.45, 2.75) is 0 Å². The summed E-state index contributed by atoms with van der Waals surface area (Å²) in [5.41, 5.74) is 1.22. The summed E-state index contributed by atoms with van der Waals surface area (Å²) in [5, 5.41) is 6.81. The van der Waals surface area contributed by atoms with E-state index in [0.29, 0.717) is 22.8 Å². The molecule has 0 fully saturated rings. The Labute approximate surface area is 147 Å². The third-order valence-corrected chi connectivity index (χ3v) is 3.70. The molecule has 3 heterocycles. The van der Waals surface area contributed by atoms with Gasteiger partial charge in [0.1, 0.15) is 11.6 Å². The summed E-state index contributed by atoms with van der Waals surface area (Å²) in [4.78, 5) is 16.6. The van der Waals surface area contributed by atoms with Crippen LogP contribution in [0.3, 0.4) is 0 Å². The number of halogens is 1. The first-order valence-electron chi connectivity index (χ1n) is 7.82. The Kier molecular flexibility index (Phi) is 4.03. The molecule has 1 N–H and O–H groups in total. The lowest BCUT2D eigenvalue weighted by Crippen LogP contribution is -2.11. The van der Waals surface area contributed by atoms with Crippen LogP contribution < -0.4 is 5.32 Å². The highest BCUT2D eigenvalue weighted by molar-refractivity contribution is 6.02. The van der Waals surface area contributed by atoms with E-state index in [1.807, 2.05) is 0 Å². The molecule has 0 saturated heterocycles. The maximum Gasteiger partial charge on any atom is 0.291 e. The number of hydrogen-bond acceptors (Lipinski definition) is 4. The molecule has 0 aliphatic rings. The summed E-state index contributed by atoms with van der Waals surface area (Å²) in [7, 11) is 0. The first-order valence-corrected chi connectivity index (χ1v) is 7.82. The average Bonchev–Trinajstić information content (AvgIpc) is 3.35. The number of amides is 1. The van der Waals surface area contributed by atoms with Crippen molar-refractivity contribution in [2.24, 2.45) is 0 Å². The van der Waals surface area contributed by atoms with Gasteiger partial charge in [-0.2, -0.15) is 5.10 Å². The number of carbonyl (C=O) groups is 1. The number of pyridine rings is 1. The van der Waals surface area contributed by atoms with Crippen LogP contribution in [0.4, 0.5) is 10.1 Å². The van der Waals surface area contributed by atoms with Crippen LogP contribution in [-0.2, 0) is 0 Å². The van der Waals surface area contributed by atoms with Crippen molar-refractivity contribution in [3.05, 3.63) is 84.8 Å². The largest absolute Gasteiger partial charge is 0.451 e. The molecule has 7 heteroatoms. The third-order valence-electron chi connectivity index (χ3n) is 3.70. The van der Waals surface area contributed by atoms with E-state index in [2.05, 4.69) is 15.4 Å². The summed E-state index contributed by atoms with van der Waals surface area (Å²) in [6.07, 6.45) is 4.98. The summed E-state index contributed by atoms with van der Waals surface area (Å²) >= 11 is 0. The zero-order valence-electron chi connectivity index (χ0n) is 13.5. The van der Waals surface area contributed by atoms with Crippen LogP contribution in [0.5, 0.6) is 0 Å². The number of nitrogens with zero attached hydrogens (tertiary/aromatic N) is 3. The van der Waals surface area contributed by atoms with Gasteiger partial charge in [0.05, 0.1) is 11.9 Å². The average molecular weight is 348 g/mol. The van der Waals surface area contributed by atoms with E-state index in [1.54, 1.807) is 65.7 Å². The molecule has 0 spiro atoms. The van der Waals surface area contributed by atoms with Gasteiger partial charge in [-0.3, -0.25) is 4.79 Å². The van der Waals surface area contributed by atoms with Crippen LogP contribution in [0, 0.1) is 5.82 Å². The van der Waals surface area contributed by atoms with Crippen LogP contribution in [0.2, 0.25) is 0 Å². The van der Waals surface area contributed by atoms with Crippen LogP contribution >= 0.6 is 0 Å². The zero-order chi connectivity index (χ0) is 17.9. The van der Waals surface area contributed by atoms with E-state index in [4.69, 9.17) is 4.42 Å². The van der Waals surface area contributed by atoms with Crippen molar-refractivity contribution in [1.29, 1.82) is 0 Å². The van der Waals surface area contributed by atoms with Crippen LogP contribution in [0.15, 0.2) is 77.6 Å². The fourth-order valence-corrected chi connectivity index (χ4v) is 2.42. The standard InChI is InChI=1S/C19H13FN4O2/c20-14-4-2-13(3-5-14)16-7-8-17(26-16)19(25)23-15-6-9-18(21-12-15)24-11-1-10-22-24/h1-12H,(H,23,25). The van der Waals surface area contributed by atoms with Crippen LogP contribution in [0.25, 0.3) is 17.1 Å². The third kappa shape index (κ3) is 3.23. The molecular weight excluding hydrogens is 335 g/mol. The molecule has 0 aliphatic carbocycles. The van der Waals surface area contributed by atoms with Gasteiger partial charge in [-0.05, 0) is 54.6 Å². The summed E-state index contributed by atoms with van der Waals surface area (Å²) < 4.78 is 20.2. The van der Waals surface area contributed by atoms with Gasteiger partial charge in [-0.25, -0.2) is 14.1 Å². The fourth-order valence-electron chi connectivity index (χ4n) is 2.42. The minimum absolute atomic E-state index is 0.153. The van der Waals surface area contributed by atoms with Gasteiger partial charge >= 0.3 is 0 Å². The number of carbonyl (C=O) groups excluding carboxylic acids is 1. The van der Waals surface area contributed by atoms with E-state index in [0.717, 1.165) is 0 Å². The van der Waals surface area contributed by atoms with E-state index < -0.39 is 5.91 Å². The quantitative estimate of drug-likeness (QED) is 0.607. The zero-order valence-corrected chi connectivity index (χ0v) is 13.5. The molecular formula is C19H13FN4O2. The Morgan fingerprint density at radius 2 is 1.92 bits per heavy atom. The minimum atomic E-state index is -0.396. The number of rotatable bonds is 4. The van der Waals surface area contributed by atoms with E-state index >= 15 is 0 Å². The molecule has 128 valence electrons. The smallest absolute Gasteiger partial charge is 0.291 e. The number of aromatic nitrogens is 3. The molecule has 4 aromatic rings. The van der Waals surface area contributed by atoms with Gasteiger partial charge in [0.2, 0.25) is 0 Å². The van der Waals surface area contributed by atoms with Crippen molar-refractivity contribution in [3.8, 4) is 17.1 Å². The Morgan fingerprint density at radius 1 is 1.08 bits per heavy atom. The second-order valence-electron chi connectivity index (χ2n) is 5.48. The van der Waals surface area contributed by atoms with E-state index in [9.17, 15) is 9.18 Å². The molecule has 0 atom stereocenters. The van der Waals surface area contributed by atoms with Gasteiger partial charge in [0, 0.05) is 18.0 Å². The monoisotopic (exact) mass is 348 g/mol. The Bertz CT molecular complexity index is 1020. The minimum Gasteiger partial charge on any atom is -0.451 e. The van der Waals surface area contributed by atoms with Crippen molar-refractivity contribution >= 4 is 11.6 Å². The summed E-state index contributed by atoms with van der Waals surface area (Å²) in [5.74, 6) is 0.559. The molecule has 0 saturated carbocycles. The van der Waals surface area contributed by atoms with Crippen LogP contribution in [0.1, 0.15) is 10.6 Å². The first kappa shape index (κ1) is 15.8. The maximum atomic E-state index is 13.0. The molecule has 4 rings (SSSR count). The number of anilines is 1. The van der Waals surface area contributed by atoms with Gasteiger partial charge in [-0.1, -0.05) is 0 Å². The number of hydrogen-bond donors (Lipinski definition) is 1. The molecule has 0 bridgehead atoms. The molecule has 1 amide bonds. The van der Waals surface area contributed by atoms with Crippen molar-refractivity contribution in [3.63, 3.8) is 0 Å². The summed E-state index contributed by atoms with van der Waals surface area (Å²) in [6, 6.07) is 14.4. The van der Waals surface area contributed by atoms with Crippen LogP contribution in [-0.4, -0.2) is 20.7 Å². The Balaban J connectivity index is 1.47. The lowest BCUT2D eigenvalue weighted by atomic mass is 10.2. The lowest BCUT2D eigenvalue weighted by molar-refractivity contribution is 0.0997. The topological polar surface area (TPSA) is 73.0 Å². The van der Waals surface area contributed by atoms with Crippen molar-refractivity contribution in [1.82, 2.24) is 14.8 Å². The van der Waals surface area contributed by atoms with Gasteiger partial charge < -0.3 is 9.73 Å². The normalized spacial score (nSPS) is 10.7. The molecule has 6 nitrogen and oxygen atoms in total. The van der Waals surface area contributed by atoms with E-state index in [-0.39, 0.29) is 11.6 Å². The Hall–Kier alpha value is -3.74. The second-order valence-corrected chi connectivity index (χ2v) is 5.48. The van der Waals surface area contributed by atoms with Gasteiger partial charge in [0.25, 0.3) is 5.91 Å².